The van der Waals surface area contributed by atoms with E-state index < -0.39 is 16.7 Å². The number of nitrogens with two attached hydrogens (primary N) is 1. The van der Waals surface area contributed by atoms with Gasteiger partial charge in [-0.1, -0.05) is 24.3 Å². The molecule has 0 spiro atoms. The topological polar surface area (TPSA) is 130 Å². The highest BCUT2D eigenvalue weighted by Crippen LogP contribution is 2.37. The maximum Gasteiger partial charge on any atom is 0.414 e. The van der Waals surface area contributed by atoms with Crippen LogP contribution >= 0.6 is 0 Å². The second kappa shape index (κ2) is 9.59. The first kappa shape index (κ1) is 20.9. The van der Waals surface area contributed by atoms with Crippen LogP contribution in [-0.4, -0.2) is 35.8 Å². The minimum Gasteiger partial charge on any atom is -0.490 e. The first-order chi connectivity index (χ1) is 14.5. The molecule has 10 heteroatoms. The van der Waals surface area contributed by atoms with Crippen LogP contribution in [0.2, 0.25) is 0 Å². The van der Waals surface area contributed by atoms with Gasteiger partial charge >= 0.3 is 11.8 Å². The van der Waals surface area contributed by atoms with Gasteiger partial charge in [0.2, 0.25) is 11.7 Å². The molecule has 0 radical (unpaired) electrons. The van der Waals surface area contributed by atoms with Gasteiger partial charge in [0.05, 0.1) is 24.7 Å². The van der Waals surface area contributed by atoms with Gasteiger partial charge in [0.15, 0.2) is 0 Å². The zero-order chi connectivity index (χ0) is 21.5. The summed E-state index contributed by atoms with van der Waals surface area (Å²) in [6.07, 6.45) is 3.57. The molecule has 1 aliphatic heterocycles. The Morgan fingerprint density at radius 3 is 2.93 bits per heavy atom. The molecule has 0 fully saturated rings. The number of nitrogens with zero attached hydrogens (tertiary/aromatic N) is 3. The number of carbonyl (C=O) groups is 1. The normalized spacial score (nSPS) is 15.0. The Hall–Kier alpha value is -3.82. The molecule has 0 saturated heterocycles. The zero-order valence-electron chi connectivity index (χ0n) is 16.4. The summed E-state index contributed by atoms with van der Waals surface area (Å²) >= 11 is 0. The predicted octanol–water partition coefficient (Wildman–Crippen LogP) is 3.45. The number of fused-ring (bicyclic) bond motifs is 4. The van der Waals surface area contributed by atoms with E-state index in [1.165, 1.54) is 6.07 Å². The maximum absolute atomic E-state index is 12.7. The average molecular weight is 414 g/mol. The molecule has 2 aromatic rings. The molecule has 1 aliphatic rings. The molecular weight excluding hydrogens is 392 g/mol. The number of pyridine rings is 1. The smallest absolute Gasteiger partial charge is 0.414 e. The SMILES string of the molecule is CCOC(=O)N1Cc2cccc(c2)OC/C=C/CCOc2cc1c([N+](=O)[O-])c(N)n2. The fourth-order valence-electron chi connectivity index (χ4n) is 2.91. The third kappa shape index (κ3) is 4.96. The van der Waals surface area contributed by atoms with Crippen molar-refractivity contribution in [1.82, 2.24) is 4.98 Å². The highest BCUT2D eigenvalue weighted by atomic mass is 16.6. The summed E-state index contributed by atoms with van der Waals surface area (Å²) in [5.74, 6) is 0.339. The molecule has 2 N–H and O–H groups in total. The summed E-state index contributed by atoms with van der Waals surface area (Å²) in [7, 11) is 0. The van der Waals surface area contributed by atoms with Gasteiger partial charge < -0.3 is 19.9 Å². The summed E-state index contributed by atoms with van der Waals surface area (Å²) in [5.41, 5.74) is 5.98. The molecule has 1 amide bonds. The highest BCUT2D eigenvalue weighted by molar-refractivity contribution is 5.92. The maximum atomic E-state index is 12.7. The van der Waals surface area contributed by atoms with Gasteiger partial charge in [0.25, 0.3) is 0 Å². The lowest BCUT2D eigenvalue weighted by Gasteiger charge is -2.23. The molecular formula is C20H22N4O6. The second-order valence-corrected chi connectivity index (χ2v) is 6.32. The Bertz CT molecular complexity index is 962. The molecule has 1 aromatic carbocycles. The van der Waals surface area contributed by atoms with Crippen molar-refractivity contribution in [1.29, 1.82) is 0 Å². The van der Waals surface area contributed by atoms with E-state index in [-0.39, 0.29) is 37.1 Å². The Kier molecular flexibility index (Phi) is 6.68. The average Bonchev–Trinajstić information content (AvgIpc) is 2.70. The van der Waals surface area contributed by atoms with Crippen LogP contribution in [0.5, 0.6) is 11.6 Å². The number of aromatic nitrogens is 1. The first-order valence-electron chi connectivity index (χ1n) is 9.38. The fourth-order valence-corrected chi connectivity index (χ4v) is 2.91. The first-order valence-corrected chi connectivity index (χ1v) is 9.38. The van der Waals surface area contributed by atoms with Crippen LogP contribution in [0.15, 0.2) is 42.5 Å². The number of carbonyl (C=O) groups excluding carboxylic acids is 1. The lowest BCUT2D eigenvalue weighted by Crippen LogP contribution is -2.32. The van der Waals surface area contributed by atoms with Gasteiger partial charge in [0.1, 0.15) is 18.0 Å². The fraction of sp³-hybridized carbons (Fsp3) is 0.300. The van der Waals surface area contributed by atoms with Crippen LogP contribution in [0, 0.1) is 10.1 Å². The van der Waals surface area contributed by atoms with Crippen molar-refractivity contribution in [2.24, 2.45) is 0 Å². The molecule has 4 bridgehead atoms. The number of benzene rings is 1. The number of ether oxygens (including phenoxy) is 3. The minimum atomic E-state index is -0.755. The van der Waals surface area contributed by atoms with E-state index in [1.54, 1.807) is 31.2 Å². The van der Waals surface area contributed by atoms with Gasteiger partial charge in [-0.3, -0.25) is 15.0 Å². The molecule has 10 nitrogen and oxygen atoms in total. The quantitative estimate of drug-likeness (QED) is 0.449. The van der Waals surface area contributed by atoms with Crippen molar-refractivity contribution >= 4 is 23.3 Å². The van der Waals surface area contributed by atoms with E-state index in [2.05, 4.69) is 4.98 Å². The van der Waals surface area contributed by atoms with Crippen molar-refractivity contribution in [2.75, 3.05) is 30.5 Å². The van der Waals surface area contributed by atoms with Crippen molar-refractivity contribution in [2.45, 2.75) is 19.9 Å². The summed E-state index contributed by atoms with van der Waals surface area (Å²) in [5, 5.41) is 11.7. The Morgan fingerprint density at radius 2 is 2.17 bits per heavy atom. The summed E-state index contributed by atoms with van der Waals surface area (Å²) in [6, 6.07) is 8.43. The minimum absolute atomic E-state index is 0.00436. The summed E-state index contributed by atoms with van der Waals surface area (Å²) < 4.78 is 16.4. The lowest BCUT2D eigenvalue weighted by atomic mass is 10.2. The molecule has 158 valence electrons. The lowest BCUT2D eigenvalue weighted by molar-refractivity contribution is -0.383. The van der Waals surface area contributed by atoms with Crippen LogP contribution in [-0.2, 0) is 11.3 Å². The number of nitrogen functional groups attached to an aromatic ring is 1. The monoisotopic (exact) mass is 414 g/mol. The van der Waals surface area contributed by atoms with E-state index in [9.17, 15) is 14.9 Å². The van der Waals surface area contributed by atoms with Gasteiger partial charge in [-0.25, -0.2) is 4.79 Å². The third-order valence-electron chi connectivity index (χ3n) is 4.22. The largest absolute Gasteiger partial charge is 0.490 e. The van der Waals surface area contributed by atoms with Crippen LogP contribution in [0.25, 0.3) is 0 Å². The van der Waals surface area contributed by atoms with E-state index in [1.807, 2.05) is 12.2 Å². The molecule has 3 rings (SSSR count). The molecule has 0 saturated carbocycles. The van der Waals surface area contributed by atoms with Crippen LogP contribution in [0.3, 0.4) is 0 Å². The third-order valence-corrected chi connectivity index (χ3v) is 4.22. The number of anilines is 2. The van der Waals surface area contributed by atoms with Crippen molar-refractivity contribution in [3.05, 3.63) is 58.2 Å². The number of hydrogen-bond acceptors (Lipinski definition) is 8. The van der Waals surface area contributed by atoms with Gasteiger partial charge in [-0.05, 0) is 31.0 Å². The molecule has 0 atom stereocenters. The highest BCUT2D eigenvalue weighted by Gasteiger charge is 2.30. The molecule has 30 heavy (non-hydrogen) atoms. The Balaban J connectivity index is 2.14. The van der Waals surface area contributed by atoms with Crippen molar-refractivity contribution < 1.29 is 23.9 Å². The van der Waals surface area contributed by atoms with Gasteiger partial charge in [-0.15, -0.1) is 0 Å². The Morgan fingerprint density at radius 1 is 1.33 bits per heavy atom. The Labute approximate surface area is 173 Å². The molecule has 0 aliphatic carbocycles. The van der Waals surface area contributed by atoms with E-state index >= 15 is 0 Å². The molecule has 1 aromatic heterocycles. The molecule has 0 unspecified atom stereocenters. The van der Waals surface area contributed by atoms with E-state index in [4.69, 9.17) is 19.9 Å². The van der Waals surface area contributed by atoms with Crippen LogP contribution < -0.4 is 20.1 Å². The number of nitro groups is 1. The number of rotatable bonds is 2. The van der Waals surface area contributed by atoms with Crippen molar-refractivity contribution in [3.8, 4) is 11.6 Å². The van der Waals surface area contributed by atoms with Crippen LogP contribution in [0.1, 0.15) is 18.9 Å². The van der Waals surface area contributed by atoms with Crippen molar-refractivity contribution in [3.63, 3.8) is 0 Å². The van der Waals surface area contributed by atoms with Gasteiger partial charge in [0, 0.05) is 6.07 Å². The standard InChI is InChI=1S/C20H22N4O6/c1-2-28-20(25)23-13-14-7-6-8-15(11-14)29-9-4-3-5-10-30-17-12-16(23)18(24(26)27)19(21)22-17/h3-4,6-8,11-12H,2,5,9-10,13H2,1H3,(H2,21,22)/b4-3+. The number of hydrogen-bond donors (Lipinski definition) is 1. The zero-order valence-corrected chi connectivity index (χ0v) is 16.4. The van der Waals surface area contributed by atoms with E-state index in [0.717, 1.165) is 4.90 Å². The molecule has 2 heterocycles. The predicted molar refractivity (Wildman–Crippen MR) is 110 cm³/mol. The second-order valence-electron chi connectivity index (χ2n) is 6.32. The van der Waals surface area contributed by atoms with Crippen LogP contribution in [0.4, 0.5) is 22.0 Å². The number of amides is 1. The summed E-state index contributed by atoms with van der Waals surface area (Å²) in [4.78, 5) is 28.8. The van der Waals surface area contributed by atoms with E-state index in [0.29, 0.717) is 24.3 Å². The van der Waals surface area contributed by atoms with Gasteiger partial charge in [-0.2, -0.15) is 4.98 Å². The summed E-state index contributed by atoms with van der Waals surface area (Å²) in [6.45, 7) is 2.39.